The second-order valence-corrected chi connectivity index (χ2v) is 3.39. The Balaban J connectivity index is 2.16. The first-order chi connectivity index (χ1) is 6.04. The van der Waals surface area contributed by atoms with Crippen LogP contribution in [0.25, 0.3) is 0 Å². The van der Waals surface area contributed by atoms with Gasteiger partial charge < -0.3 is 10.0 Å². The van der Waals surface area contributed by atoms with E-state index in [4.69, 9.17) is 5.11 Å². The molecule has 6 nitrogen and oxygen atoms in total. The van der Waals surface area contributed by atoms with E-state index in [-0.39, 0.29) is 5.91 Å². The van der Waals surface area contributed by atoms with Gasteiger partial charge in [0, 0.05) is 13.3 Å². The van der Waals surface area contributed by atoms with Crippen LogP contribution in [0.15, 0.2) is 10.2 Å². The van der Waals surface area contributed by atoms with Crippen LogP contribution >= 0.6 is 0 Å². The topological polar surface area (TPSA) is 82.3 Å². The van der Waals surface area contributed by atoms with Gasteiger partial charge >= 0.3 is 5.97 Å². The maximum atomic E-state index is 11.1. The second-order valence-electron chi connectivity index (χ2n) is 3.39. The third kappa shape index (κ3) is 1.18. The molecule has 0 unspecified atom stereocenters. The Morgan fingerprint density at radius 3 is 2.46 bits per heavy atom. The lowest BCUT2D eigenvalue weighted by Crippen LogP contribution is -2.39. The van der Waals surface area contributed by atoms with E-state index >= 15 is 0 Å². The predicted molar refractivity (Wildman–Crippen MR) is 41.0 cm³/mol. The number of hydrogen-bond acceptors (Lipinski definition) is 4. The van der Waals surface area contributed by atoms with Crippen LogP contribution in [0.5, 0.6) is 0 Å². The predicted octanol–water partition coefficient (Wildman–Crippen LogP) is -0.146. The number of rotatable bonds is 1. The summed E-state index contributed by atoms with van der Waals surface area (Å²) in [7, 11) is 0. The molecule has 1 atom stereocenters. The first-order valence-electron chi connectivity index (χ1n) is 3.98. The number of carbonyl (C=O) groups is 2. The lowest BCUT2D eigenvalue weighted by Gasteiger charge is -2.18. The maximum absolute atomic E-state index is 11.1. The smallest absolute Gasteiger partial charge is 0.326 e. The molecule has 0 aromatic carbocycles. The number of hydrogen-bond donors (Lipinski definition) is 1. The minimum Gasteiger partial charge on any atom is -0.480 e. The summed E-state index contributed by atoms with van der Waals surface area (Å²) in [4.78, 5) is 23.1. The molecule has 0 saturated carbocycles. The molecule has 1 N–H and O–H groups in total. The normalized spacial score (nSPS) is 28.1. The molecule has 70 valence electrons. The number of aliphatic carboxylic acids is 1. The van der Waals surface area contributed by atoms with Crippen LogP contribution in [-0.2, 0) is 9.59 Å². The Labute approximate surface area is 74.2 Å². The highest BCUT2D eigenvalue weighted by Crippen LogP contribution is 2.40. The molecule has 1 fully saturated rings. The van der Waals surface area contributed by atoms with Crippen molar-refractivity contribution in [2.45, 2.75) is 25.0 Å². The summed E-state index contributed by atoms with van der Waals surface area (Å²) in [6.07, 6.45) is 0.321. The van der Waals surface area contributed by atoms with Crippen molar-refractivity contribution in [1.29, 1.82) is 0 Å². The zero-order valence-corrected chi connectivity index (χ0v) is 7.10. The van der Waals surface area contributed by atoms with Gasteiger partial charge in [-0.15, -0.1) is 0 Å². The van der Waals surface area contributed by atoms with E-state index in [0.29, 0.717) is 13.0 Å². The number of carboxylic acid groups (broad SMARTS) is 1. The summed E-state index contributed by atoms with van der Waals surface area (Å²) in [5.74, 6) is -1.22. The largest absolute Gasteiger partial charge is 0.480 e. The van der Waals surface area contributed by atoms with Crippen molar-refractivity contribution in [2.24, 2.45) is 10.2 Å². The highest BCUT2D eigenvalue weighted by Gasteiger charge is 2.54. The fraction of sp³-hybridized carbons (Fsp3) is 0.714. The minimum absolute atomic E-state index is 0.235. The third-order valence-electron chi connectivity index (χ3n) is 2.39. The van der Waals surface area contributed by atoms with E-state index in [1.807, 2.05) is 0 Å². The van der Waals surface area contributed by atoms with Gasteiger partial charge in [-0.2, -0.15) is 10.2 Å². The van der Waals surface area contributed by atoms with Gasteiger partial charge in [0.25, 0.3) is 0 Å². The molecule has 2 aliphatic rings. The number of likely N-dealkylation sites (tertiary alicyclic amines) is 1. The van der Waals surface area contributed by atoms with E-state index in [1.54, 1.807) is 0 Å². The van der Waals surface area contributed by atoms with Crippen LogP contribution in [0.3, 0.4) is 0 Å². The Hall–Kier alpha value is -1.46. The number of nitrogens with zero attached hydrogens (tertiary/aromatic N) is 3. The molecule has 13 heavy (non-hydrogen) atoms. The SMILES string of the molecule is CC(=O)N1CC2(C[C@H]1C(=O)O)N=N2. The van der Waals surface area contributed by atoms with E-state index in [9.17, 15) is 9.59 Å². The number of amides is 1. The second kappa shape index (κ2) is 2.27. The van der Waals surface area contributed by atoms with Crippen LogP contribution in [0.1, 0.15) is 13.3 Å². The van der Waals surface area contributed by atoms with Crippen molar-refractivity contribution in [2.75, 3.05) is 6.54 Å². The fourth-order valence-corrected chi connectivity index (χ4v) is 1.63. The average molecular weight is 183 g/mol. The quantitative estimate of drug-likeness (QED) is 0.613. The van der Waals surface area contributed by atoms with Crippen molar-refractivity contribution in [1.82, 2.24) is 4.90 Å². The summed E-state index contributed by atoms with van der Waals surface area (Å²) >= 11 is 0. The number of carboxylic acids is 1. The third-order valence-corrected chi connectivity index (χ3v) is 2.39. The van der Waals surface area contributed by atoms with E-state index < -0.39 is 17.7 Å². The first-order valence-corrected chi connectivity index (χ1v) is 3.98. The monoisotopic (exact) mass is 183 g/mol. The van der Waals surface area contributed by atoms with Gasteiger partial charge in [-0.05, 0) is 0 Å². The van der Waals surface area contributed by atoms with Gasteiger partial charge in [0.1, 0.15) is 6.04 Å². The zero-order chi connectivity index (χ0) is 9.64. The Kier molecular flexibility index (Phi) is 1.43. The van der Waals surface area contributed by atoms with Gasteiger partial charge in [-0.1, -0.05) is 0 Å². The van der Waals surface area contributed by atoms with E-state index in [1.165, 1.54) is 11.8 Å². The van der Waals surface area contributed by atoms with Gasteiger partial charge in [0.15, 0.2) is 0 Å². The van der Waals surface area contributed by atoms with Gasteiger partial charge in [0.05, 0.1) is 6.54 Å². The summed E-state index contributed by atoms with van der Waals surface area (Å²) in [6.45, 7) is 1.68. The molecule has 0 radical (unpaired) electrons. The molecule has 2 rings (SSSR count). The summed E-state index contributed by atoms with van der Waals surface area (Å²) < 4.78 is 0. The first kappa shape index (κ1) is 8.15. The van der Waals surface area contributed by atoms with Crippen molar-refractivity contribution < 1.29 is 14.7 Å². The van der Waals surface area contributed by atoms with Crippen LogP contribution in [0.4, 0.5) is 0 Å². The van der Waals surface area contributed by atoms with E-state index in [2.05, 4.69) is 10.2 Å². The highest BCUT2D eigenvalue weighted by molar-refractivity contribution is 5.83. The van der Waals surface area contributed by atoms with Crippen molar-refractivity contribution in [3.8, 4) is 0 Å². The van der Waals surface area contributed by atoms with Gasteiger partial charge in [-0.25, -0.2) is 4.79 Å². The molecule has 6 heteroatoms. The van der Waals surface area contributed by atoms with Crippen LogP contribution in [0.2, 0.25) is 0 Å². The molecule has 2 aliphatic heterocycles. The lowest BCUT2D eigenvalue weighted by atomic mass is 10.1. The molecule has 0 bridgehead atoms. The van der Waals surface area contributed by atoms with E-state index in [0.717, 1.165) is 0 Å². The molecule has 0 aromatic rings. The summed E-state index contributed by atoms with van der Waals surface area (Å²) in [6, 6.07) is -0.757. The number of carbonyl (C=O) groups excluding carboxylic acids is 1. The standard InChI is InChI=1S/C7H9N3O3/c1-4(11)10-3-7(8-9-7)2-5(10)6(12)13/h5H,2-3H2,1H3,(H,12,13)/t5-/m0/s1. The molecule has 2 heterocycles. The van der Waals surface area contributed by atoms with Gasteiger partial charge in [0.2, 0.25) is 11.6 Å². The molecular formula is C7H9N3O3. The Morgan fingerprint density at radius 2 is 2.15 bits per heavy atom. The van der Waals surface area contributed by atoms with Crippen molar-refractivity contribution in [3.05, 3.63) is 0 Å². The average Bonchev–Trinajstić information content (AvgIpc) is 2.60. The van der Waals surface area contributed by atoms with Gasteiger partial charge in [-0.3, -0.25) is 4.79 Å². The molecule has 1 amide bonds. The summed E-state index contributed by atoms with van der Waals surface area (Å²) in [5, 5.41) is 16.3. The highest BCUT2D eigenvalue weighted by atomic mass is 16.4. The zero-order valence-electron chi connectivity index (χ0n) is 7.10. The summed E-state index contributed by atoms with van der Waals surface area (Å²) in [5.41, 5.74) is -0.575. The van der Waals surface area contributed by atoms with Crippen molar-refractivity contribution in [3.63, 3.8) is 0 Å². The molecular weight excluding hydrogens is 174 g/mol. The molecule has 0 aliphatic carbocycles. The lowest BCUT2D eigenvalue weighted by molar-refractivity contribution is -0.147. The molecule has 0 aromatic heterocycles. The van der Waals surface area contributed by atoms with Crippen LogP contribution in [-0.4, -0.2) is 40.1 Å². The maximum Gasteiger partial charge on any atom is 0.326 e. The Morgan fingerprint density at radius 1 is 1.54 bits per heavy atom. The fourth-order valence-electron chi connectivity index (χ4n) is 1.63. The Bertz CT molecular complexity index is 282. The van der Waals surface area contributed by atoms with Crippen molar-refractivity contribution >= 4 is 11.9 Å². The van der Waals surface area contributed by atoms with Crippen LogP contribution < -0.4 is 0 Å². The molecule has 1 saturated heterocycles. The minimum atomic E-state index is -0.982. The van der Waals surface area contributed by atoms with Crippen LogP contribution in [0, 0.1) is 0 Å². The molecule has 1 spiro atoms.